The summed E-state index contributed by atoms with van der Waals surface area (Å²) in [6.07, 6.45) is 3.12. The molecule has 2 aromatic rings. The average Bonchev–Trinajstić information content (AvgIpc) is 3.01. The molecule has 0 aromatic carbocycles. The Balaban J connectivity index is 1.65. The smallest absolute Gasteiger partial charge is 0.276 e. The van der Waals surface area contributed by atoms with Gasteiger partial charge >= 0.3 is 0 Å². The molecule has 1 fully saturated rings. The molecular formula is C13H15N5O2. The van der Waals surface area contributed by atoms with E-state index in [9.17, 15) is 4.79 Å². The number of carbonyl (C=O) groups is 1. The number of hydrogen-bond donors (Lipinski definition) is 1. The lowest BCUT2D eigenvalue weighted by atomic mass is 10.2. The minimum atomic E-state index is -0.104. The highest BCUT2D eigenvalue weighted by Gasteiger charge is 2.24. The summed E-state index contributed by atoms with van der Waals surface area (Å²) >= 11 is 0. The fraction of sp³-hybridized carbons (Fsp3) is 0.308. The largest absolute Gasteiger partial charge is 0.396 e. The molecule has 2 N–H and O–H groups in total. The zero-order chi connectivity index (χ0) is 13.9. The van der Waals surface area contributed by atoms with Gasteiger partial charge in [0.1, 0.15) is 6.26 Å². The summed E-state index contributed by atoms with van der Waals surface area (Å²) < 4.78 is 4.70. The van der Waals surface area contributed by atoms with Crippen molar-refractivity contribution in [2.24, 2.45) is 0 Å². The predicted octanol–water partition coefficient (Wildman–Crippen LogP) is 0.614. The third-order valence-electron chi connectivity index (χ3n) is 3.34. The van der Waals surface area contributed by atoms with E-state index in [0.29, 0.717) is 37.6 Å². The average molecular weight is 273 g/mol. The maximum Gasteiger partial charge on any atom is 0.276 e. The molecule has 20 heavy (non-hydrogen) atoms. The van der Waals surface area contributed by atoms with Gasteiger partial charge in [-0.15, -0.1) is 0 Å². The first-order valence-electron chi connectivity index (χ1n) is 6.41. The molecule has 7 heteroatoms. The highest BCUT2D eigenvalue weighted by Crippen LogP contribution is 2.20. The Bertz CT molecular complexity index is 591. The normalized spacial score (nSPS) is 15.4. The molecule has 0 radical (unpaired) electrons. The molecule has 0 bridgehead atoms. The summed E-state index contributed by atoms with van der Waals surface area (Å²) in [7, 11) is 0. The lowest BCUT2D eigenvalue weighted by molar-refractivity contribution is 0.0736. The number of piperazine rings is 1. The number of hydrogen-bond acceptors (Lipinski definition) is 6. The van der Waals surface area contributed by atoms with E-state index in [1.807, 2.05) is 12.1 Å². The summed E-state index contributed by atoms with van der Waals surface area (Å²) in [5, 5.41) is 3.67. The van der Waals surface area contributed by atoms with E-state index in [-0.39, 0.29) is 5.91 Å². The van der Waals surface area contributed by atoms with Gasteiger partial charge in [0, 0.05) is 38.4 Å². The van der Waals surface area contributed by atoms with Crippen molar-refractivity contribution in [3.05, 3.63) is 36.4 Å². The summed E-state index contributed by atoms with van der Waals surface area (Å²) in [6.45, 7) is 2.62. The van der Waals surface area contributed by atoms with E-state index < -0.39 is 0 Å². The molecule has 1 amide bonds. The van der Waals surface area contributed by atoms with Crippen molar-refractivity contribution in [2.45, 2.75) is 0 Å². The number of pyridine rings is 1. The monoisotopic (exact) mass is 273 g/mol. The van der Waals surface area contributed by atoms with Crippen LogP contribution in [0.5, 0.6) is 0 Å². The van der Waals surface area contributed by atoms with Crippen molar-refractivity contribution < 1.29 is 9.32 Å². The number of rotatable bonds is 2. The minimum absolute atomic E-state index is 0.104. The summed E-state index contributed by atoms with van der Waals surface area (Å²) in [6, 6.07) is 5.21. The fourth-order valence-corrected chi connectivity index (χ4v) is 2.28. The van der Waals surface area contributed by atoms with E-state index in [0.717, 1.165) is 5.82 Å². The first kappa shape index (κ1) is 12.5. The van der Waals surface area contributed by atoms with Crippen molar-refractivity contribution in [2.75, 3.05) is 36.8 Å². The lowest BCUT2D eigenvalue weighted by Gasteiger charge is -2.35. The van der Waals surface area contributed by atoms with Crippen LogP contribution in [0, 0.1) is 0 Å². The molecule has 0 spiro atoms. The van der Waals surface area contributed by atoms with Crippen LogP contribution >= 0.6 is 0 Å². The Labute approximate surface area is 116 Å². The Morgan fingerprint density at radius 1 is 1.25 bits per heavy atom. The molecule has 2 aromatic heterocycles. The van der Waals surface area contributed by atoms with Crippen LogP contribution in [-0.2, 0) is 0 Å². The third kappa shape index (κ3) is 2.29. The number of amides is 1. The van der Waals surface area contributed by atoms with Crippen LogP contribution in [0.4, 0.5) is 11.5 Å². The zero-order valence-corrected chi connectivity index (χ0v) is 10.9. The van der Waals surface area contributed by atoms with Crippen LogP contribution in [0.1, 0.15) is 10.5 Å². The maximum atomic E-state index is 12.1. The van der Waals surface area contributed by atoms with Gasteiger partial charge in [0.05, 0.1) is 5.69 Å². The van der Waals surface area contributed by atoms with Crippen molar-refractivity contribution in [1.82, 2.24) is 15.0 Å². The fourth-order valence-electron chi connectivity index (χ4n) is 2.28. The second-order valence-electron chi connectivity index (χ2n) is 4.58. The molecule has 0 aliphatic carbocycles. The van der Waals surface area contributed by atoms with Gasteiger partial charge in [0.2, 0.25) is 0 Å². The molecule has 1 aliphatic rings. The van der Waals surface area contributed by atoms with Gasteiger partial charge in [-0.25, -0.2) is 4.98 Å². The van der Waals surface area contributed by atoms with Crippen LogP contribution in [0.3, 0.4) is 0 Å². The SMILES string of the molecule is Nc1cccnc1N1CCN(C(=O)c2ccon2)CC1. The molecule has 104 valence electrons. The van der Waals surface area contributed by atoms with Gasteiger partial charge in [-0.2, -0.15) is 0 Å². The number of carbonyl (C=O) groups excluding carboxylic acids is 1. The summed E-state index contributed by atoms with van der Waals surface area (Å²) in [4.78, 5) is 20.3. The number of nitrogen functional groups attached to an aromatic ring is 1. The Kier molecular flexibility index (Phi) is 3.24. The number of aromatic nitrogens is 2. The first-order chi connectivity index (χ1) is 9.75. The number of nitrogens with zero attached hydrogens (tertiary/aromatic N) is 4. The standard InChI is InChI=1S/C13H15N5O2/c14-10-2-1-4-15-12(10)17-5-7-18(8-6-17)13(19)11-3-9-20-16-11/h1-4,9H,5-8,14H2. The van der Waals surface area contributed by atoms with E-state index >= 15 is 0 Å². The summed E-state index contributed by atoms with van der Waals surface area (Å²) in [5.74, 6) is 0.674. The quantitative estimate of drug-likeness (QED) is 0.862. The van der Waals surface area contributed by atoms with Gasteiger partial charge < -0.3 is 20.1 Å². The van der Waals surface area contributed by atoms with Crippen molar-refractivity contribution in [1.29, 1.82) is 0 Å². The Morgan fingerprint density at radius 3 is 2.70 bits per heavy atom. The van der Waals surface area contributed by atoms with Crippen molar-refractivity contribution in [3.63, 3.8) is 0 Å². The van der Waals surface area contributed by atoms with E-state index in [1.165, 1.54) is 6.26 Å². The van der Waals surface area contributed by atoms with Crippen LogP contribution < -0.4 is 10.6 Å². The topological polar surface area (TPSA) is 88.5 Å². The minimum Gasteiger partial charge on any atom is -0.396 e. The molecule has 1 saturated heterocycles. The highest BCUT2D eigenvalue weighted by atomic mass is 16.5. The Hall–Kier alpha value is -2.57. The van der Waals surface area contributed by atoms with Gasteiger partial charge in [-0.1, -0.05) is 5.16 Å². The molecule has 3 rings (SSSR count). The van der Waals surface area contributed by atoms with Crippen molar-refractivity contribution >= 4 is 17.4 Å². The maximum absolute atomic E-state index is 12.1. The Morgan fingerprint density at radius 2 is 2.05 bits per heavy atom. The number of nitrogens with two attached hydrogens (primary N) is 1. The second-order valence-corrected chi connectivity index (χ2v) is 4.58. The van der Waals surface area contributed by atoms with E-state index in [2.05, 4.69) is 15.0 Å². The van der Waals surface area contributed by atoms with Gasteiger partial charge in [0.25, 0.3) is 5.91 Å². The van der Waals surface area contributed by atoms with E-state index in [4.69, 9.17) is 10.3 Å². The zero-order valence-electron chi connectivity index (χ0n) is 10.9. The molecule has 0 unspecified atom stereocenters. The lowest BCUT2D eigenvalue weighted by Crippen LogP contribution is -2.49. The summed E-state index contributed by atoms with van der Waals surface area (Å²) in [5.41, 5.74) is 6.92. The predicted molar refractivity (Wildman–Crippen MR) is 73.3 cm³/mol. The van der Waals surface area contributed by atoms with Crippen molar-refractivity contribution in [3.8, 4) is 0 Å². The number of anilines is 2. The first-order valence-corrected chi connectivity index (χ1v) is 6.41. The third-order valence-corrected chi connectivity index (χ3v) is 3.34. The van der Waals surface area contributed by atoms with E-state index in [1.54, 1.807) is 17.2 Å². The van der Waals surface area contributed by atoms with Crippen LogP contribution in [0.15, 0.2) is 35.2 Å². The van der Waals surface area contributed by atoms with Crippen LogP contribution in [-0.4, -0.2) is 47.1 Å². The molecule has 0 atom stereocenters. The van der Waals surface area contributed by atoms with Crippen LogP contribution in [0.2, 0.25) is 0 Å². The molecule has 3 heterocycles. The molecular weight excluding hydrogens is 258 g/mol. The van der Waals surface area contributed by atoms with Gasteiger partial charge in [0.15, 0.2) is 11.5 Å². The van der Waals surface area contributed by atoms with Gasteiger partial charge in [-0.05, 0) is 12.1 Å². The van der Waals surface area contributed by atoms with Gasteiger partial charge in [-0.3, -0.25) is 4.79 Å². The molecule has 7 nitrogen and oxygen atoms in total. The molecule has 1 aliphatic heterocycles. The van der Waals surface area contributed by atoms with Crippen LogP contribution in [0.25, 0.3) is 0 Å². The highest BCUT2D eigenvalue weighted by molar-refractivity contribution is 5.92. The second kappa shape index (κ2) is 5.20. The molecule has 0 saturated carbocycles.